The van der Waals surface area contributed by atoms with Gasteiger partial charge in [0.25, 0.3) is 5.91 Å². The number of carbonyl (C=O) groups excluding carboxylic acids is 1. The van der Waals surface area contributed by atoms with E-state index in [1.807, 2.05) is 13.0 Å². The van der Waals surface area contributed by atoms with Gasteiger partial charge in [0.05, 0.1) is 31.6 Å². The predicted octanol–water partition coefficient (Wildman–Crippen LogP) is 1.67. The number of methoxy groups -OCH3 is 1. The van der Waals surface area contributed by atoms with Crippen LogP contribution in [0.5, 0.6) is 6.01 Å². The molecule has 0 radical (unpaired) electrons. The van der Waals surface area contributed by atoms with Crippen molar-refractivity contribution in [3.63, 3.8) is 0 Å². The number of piperidine rings is 1. The van der Waals surface area contributed by atoms with E-state index < -0.39 is 0 Å². The number of aromatic amines is 1. The van der Waals surface area contributed by atoms with Gasteiger partial charge in [0, 0.05) is 43.8 Å². The van der Waals surface area contributed by atoms with Crippen LogP contribution < -0.4 is 15.0 Å². The van der Waals surface area contributed by atoms with Crippen LogP contribution in [0.2, 0.25) is 0 Å². The normalized spacial score (nSPS) is 18.0. The molecule has 0 spiro atoms. The molecule has 5 heterocycles. The lowest BCUT2D eigenvalue weighted by atomic mass is 9.92. The summed E-state index contributed by atoms with van der Waals surface area (Å²) in [4.78, 5) is 28.3. The number of pyridine rings is 1. The second-order valence-electron chi connectivity index (χ2n) is 8.76. The summed E-state index contributed by atoms with van der Waals surface area (Å²) in [6.45, 7) is 4.86. The van der Waals surface area contributed by atoms with Crippen LogP contribution in [0.25, 0.3) is 11.0 Å². The SMILES string of the molecule is COC[C@@H](C)Oc1nc(C(=O)NC2COC2)cc(N2CCC(c3n[nH]c4ncccc34)CC2)n1. The van der Waals surface area contributed by atoms with E-state index in [0.717, 1.165) is 42.7 Å². The molecule has 1 amide bonds. The van der Waals surface area contributed by atoms with Gasteiger partial charge in [0.1, 0.15) is 17.6 Å². The molecule has 2 N–H and O–H groups in total. The molecule has 2 fully saturated rings. The smallest absolute Gasteiger partial charge is 0.319 e. The number of hydrogen-bond acceptors (Lipinski definition) is 9. The van der Waals surface area contributed by atoms with E-state index >= 15 is 0 Å². The summed E-state index contributed by atoms with van der Waals surface area (Å²) in [6.07, 6.45) is 3.34. The molecule has 0 saturated carbocycles. The topological polar surface area (TPSA) is 127 Å². The van der Waals surface area contributed by atoms with Crippen LogP contribution in [-0.4, -0.2) is 83.2 Å². The van der Waals surface area contributed by atoms with Crippen molar-refractivity contribution in [1.29, 1.82) is 0 Å². The number of hydrogen-bond donors (Lipinski definition) is 2. The molecule has 0 aliphatic carbocycles. The van der Waals surface area contributed by atoms with Gasteiger partial charge in [-0.15, -0.1) is 0 Å². The second kappa shape index (κ2) is 9.90. The number of carbonyl (C=O) groups is 1. The molecule has 1 atom stereocenters. The van der Waals surface area contributed by atoms with E-state index in [4.69, 9.17) is 14.2 Å². The Hall–Kier alpha value is -3.31. The third-order valence-corrected chi connectivity index (χ3v) is 6.18. The molecule has 2 aliphatic heterocycles. The summed E-state index contributed by atoms with van der Waals surface area (Å²) in [7, 11) is 1.61. The minimum absolute atomic E-state index is 0.0107. The van der Waals surface area contributed by atoms with Gasteiger partial charge in [0.2, 0.25) is 0 Å². The van der Waals surface area contributed by atoms with Crippen LogP contribution in [0.4, 0.5) is 5.82 Å². The maximum atomic E-state index is 12.8. The Balaban J connectivity index is 1.33. The van der Waals surface area contributed by atoms with E-state index in [9.17, 15) is 4.79 Å². The number of amides is 1. The fourth-order valence-corrected chi connectivity index (χ4v) is 4.34. The second-order valence-corrected chi connectivity index (χ2v) is 8.76. The minimum Gasteiger partial charge on any atom is -0.458 e. The zero-order chi connectivity index (χ0) is 23.5. The molecule has 2 saturated heterocycles. The highest BCUT2D eigenvalue weighted by Crippen LogP contribution is 2.32. The summed E-state index contributed by atoms with van der Waals surface area (Å²) in [6, 6.07) is 5.91. The largest absolute Gasteiger partial charge is 0.458 e. The third kappa shape index (κ3) is 4.80. The van der Waals surface area contributed by atoms with Crippen molar-refractivity contribution in [1.82, 2.24) is 30.5 Å². The zero-order valence-corrected chi connectivity index (χ0v) is 19.4. The number of anilines is 1. The van der Waals surface area contributed by atoms with E-state index in [-0.39, 0.29) is 29.8 Å². The quantitative estimate of drug-likeness (QED) is 0.508. The molecule has 0 unspecified atom stereocenters. The lowest BCUT2D eigenvalue weighted by Crippen LogP contribution is -2.48. The standard InChI is InChI=1S/C23H29N7O4/c1-14(11-32-2)34-23-26-18(22(31)25-16-12-33-13-16)10-19(27-23)30-8-5-15(6-9-30)20-17-4-3-7-24-21(17)29-28-20/h3-4,7,10,14-16H,5-6,8-9,11-13H2,1-2H3,(H,25,31)(H,24,28,29)/t14-/m1/s1. The third-order valence-electron chi connectivity index (χ3n) is 6.18. The first-order valence-corrected chi connectivity index (χ1v) is 11.6. The Morgan fingerprint density at radius 1 is 1.32 bits per heavy atom. The molecule has 180 valence electrons. The summed E-state index contributed by atoms with van der Waals surface area (Å²) in [5.41, 5.74) is 2.16. The Kier molecular flexibility index (Phi) is 6.54. The summed E-state index contributed by atoms with van der Waals surface area (Å²) < 4.78 is 16.2. The lowest BCUT2D eigenvalue weighted by Gasteiger charge is -2.32. The lowest BCUT2D eigenvalue weighted by molar-refractivity contribution is -0.00357. The van der Waals surface area contributed by atoms with Crippen molar-refractivity contribution in [2.75, 3.05) is 44.9 Å². The van der Waals surface area contributed by atoms with Gasteiger partial charge in [-0.2, -0.15) is 15.1 Å². The first kappa shape index (κ1) is 22.5. The van der Waals surface area contributed by atoms with Crippen LogP contribution in [0.1, 0.15) is 41.9 Å². The number of fused-ring (bicyclic) bond motifs is 1. The molecule has 3 aromatic rings. The highest BCUT2D eigenvalue weighted by atomic mass is 16.5. The van der Waals surface area contributed by atoms with Crippen LogP contribution >= 0.6 is 0 Å². The molecular weight excluding hydrogens is 438 g/mol. The fourth-order valence-electron chi connectivity index (χ4n) is 4.34. The number of H-pyrrole nitrogens is 1. The Morgan fingerprint density at radius 3 is 2.88 bits per heavy atom. The zero-order valence-electron chi connectivity index (χ0n) is 19.4. The summed E-state index contributed by atoms with van der Waals surface area (Å²) in [5.74, 6) is 0.748. The van der Waals surface area contributed by atoms with E-state index in [1.54, 1.807) is 19.4 Å². The number of ether oxygens (including phenoxy) is 3. The molecule has 3 aromatic heterocycles. The van der Waals surface area contributed by atoms with Crippen LogP contribution in [0.3, 0.4) is 0 Å². The van der Waals surface area contributed by atoms with Gasteiger partial charge in [-0.25, -0.2) is 4.98 Å². The Labute approximate surface area is 197 Å². The summed E-state index contributed by atoms with van der Waals surface area (Å²) in [5, 5.41) is 11.6. The molecule has 2 aliphatic rings. The Bertz CT molecular complexity index is 1140. The summed E-state index contributed by atoms with van der Waals surface area (Å²) >= 11 is 0. The average Bonchev–Trinajstić information content (AvgIpc) is 3.25. The molecular formula is C23H29N7O4. The first-order chi connectivity index (χ1) is 16.6. The number of nitrogens with one attached hydrogen (secondary N) is 2. The van der Waals surface area contributed by atoms with Crippen LogP contribution in [-0.2, 0) is 9.47 Å². The molecule has 11 heteroatoms. The highest BCUT2D eigenvalue weighted by Gasteiger charge is 2.27. The van der Waals surface area contributed by atoms with E-state index in [1.165, 1.54) is 0 Å². The van der Waals surface area contributed by atoms with Crippen molar-refractivity contribution < 1.29 is 19.0 Å². The predicted molar refractivity (Wildman–Crippen MR) is 124 cm³/mol. The maximum absolute atomic E-state index is 12.8. The number of aromatic nitrogens is 5. The van der Waals surface area contributed by atoms with Crippen molar-refractivity contribution >= 4 is 22.8 Å². The molecule has 0 bridgehead atoms. The average molecular weight is 468 g/mol. The molecule has 11 nitrogen and oxygen atoms in total. The molecule has 0 aromatic carbocycles. The van der Waals surface area contributed by atoms with Gasteiger partial charge in [-0.3, -0.25) is 9.89 Å². The first-order valence-electron chi connectivity index (χ1n) is 11.6. The Morgan fingerprint density at radius 2 is 2.15 bits per heavy atom. The van der Waals surface area contributed by atoms with Gasteiger partial charge in [-0.05, 0) is 31.9 Å². The van der Waals surface area contributed by atoms with Crippen molar-refractivity contribution in [2.45, 2.75) is 37.8 Å². The van der Waals surface area contributed by atoms with Gasteiger partial charge in [0.15, 0.2) is 5.65 Å². The van der Waals surface area contributed by atoms with Gasteiger partial charge < -0.3 is 24.4 Å². The fraction of sp³-hybridized carbons (Fsp3) is 0.522. The van der Waals surface area contributed by atoms with E-state index in [0.29, 0.717) is 31.6 Å². The van der Waals surface area contributed by atoms with Gasteiger partial charge >= 0.3 is 6.01 Å². The van der Waals surface area contributed by atoms with Crippen molar-refractivity contribution in [2.24, 2.45) is 0 Å². The highest BCUT2D eigenvalue weighted by molar-refractivity contribution is 5.93. The molecule has 34 heavy (non-hydrogen) atoms. The van der Waals surface area contributed by atoms with Crippen LogP contribution in [0, 0.1) is 0 Å². The minimum atomic E-state index is -0.258. The van der Waals surface area contributed by atoms with Crippen molar-refractivity contribution in [3.8, 4) is 6.01 Å². The monoisotopic (exact) mass is 467 g/mol. The number of nitrogens with zero attached hydrogens (tertiary/aromatic N) is 5. The van der Waals surface area contributed by atoms with Gasteiger partial charge in [-0.1, -0.05) is 0 Å². The van der Waals surface area contributed by atoms with Crippen LogP contribution in [0.15, 0.2) is 24.4 Å². The molecule has 5 rings (SSSR count). The van der Waals surface area contributed by atoms with Crippen molar-refractivity contribution in [3.05, 3.63) is 35.8 Å². The van der Waals surface area contributed by atoms with E-state index in [2.05, 4.69) is 41.4 Å². The number of rotatable bonds is 8. The maximum Gasteiger partial charge on any atom is 0.319 e.